The fourth-order valence-electron chi connectivity index (χ4n) is 3.90. The first-order valence-electron chi connectivity index (χ1n) is 9.06. The van der Waals surface area contributed by atoms with Crippen molar-refractivity contribution in [3.05, 3.63) is 47.3 Å². The lowest BCUT2D eigenvalue weighted by Crippen LogP contribution is -2.43. The van der Waals surface area contributed by atoms with Crippen molar-refractivity contribution in [2.45, 2.75) is 44.6 Å². The van der Waals surface area contributed by atoms with E-state index in [9.17, 15) is 9.59 Å². The zero-order valence-corrected chi connectivity index (χ0v) is 14.9. The molecule has 26 heavy (non-hydrogen) atoms. The number of ketones is 1. The predicted molar refractivity (Wildman–Crippen MR) is 94.1 cm³/mol. The monoisotopic (exact) mass is 354 g/mol. The molecule has 1 aromatic heterocycles. The van der Waals surface area contributed by atoms with Gasteiger partial charge in [0.05, 0.1) is 24.1 Å². The van der Waals surface area contributed by atoms with Crippen LogP contribution in [-0.4, -0.2) is 40.4 Å². The summed E-state index contributed by atoms with van der Waals surface area (Å²) in [6, 6.07) is 9.20. The van der Waals surface area contributed by atoms with Gasteiger partial charge in [-0.15, -0.1) is 0 Å². The van der Waals surface area contributed by atoms with Crippen LogP contribution in [0, 0.1) is 6.92 Å². The van der Waals surface area contributed by atoms with Crippen LogP contribution in [0.3, 0.4) is 0 Å². The second-order valence-corrected chi connectivity index (χ2v) is 7.23. The Morgan fingerprint density at radius 3 is 2.92 bits per heavy atom. The Balaban J connectivity index is 1.45. The zero-order chi connectivity index (χ0) is 18.1. The highest BCUT2D eigenvalue weighted by atomic mass is 16.5. The maximum Gasteiger partial charge on any atom is 0.230 e. The van der Waals surface area contributed by atoms with Gasteiger partial charge in [-0.3, -0.25) is 9.59 Å². The van der Waals surface area contributed by atoms with Gasteiger partial charge in [0.2, 0.25) is 5.91 Å². The number of aryl methyl sites for hydroxylation is 1. The molecule has 1 fully saturated rings. The van der Waals surface area contributed by atoms with Crippen LogP contribution in [0.1, 0.15) is 47.5 Å². The molecule has 1 aromatic carbocycles. The molecule has 1 saturated heterocycles. The van der Waals surface area contributed by atoms with Crippen LogP contribution in [0.4, 0.5) is 0 Å². The van der Waals surface area contributed by atoms with Gasteiger partial charge in [0.1, 0.15) is 17.1 Å². The summed E-state index contributed by atoms with van der Waals surface area (Å²) in [7, 11) is 0. The molecule has 1 unspecified atom stereocenters. The Kier molecular flexibility index (Phi) is 4.26. The number of ether oxygens (including phenoxy) is 1. The summed E-state index contributed by atoms with van der Waals surface area (Å²) >= 11 is 0. The minimum absolute atomic E-state index is 0.0285. The van der Waals surface area contributed by atoms with Crippen molar-refractivity contribution in [3.63, 3.8) is 0 Å². The van der Waals surface area contributed by atoms with Gasteiger partial charge in [0, 0.05) is 25.6 Å². The molecule has 0 aliphatic carbocycles. The predicted octanol–water partition coefficient (Wildman–Crippen LogP) is 2.94. The van der Waals surface area contributed by atoms with E-state index in [2.05, 4.69) is 5.16 Å². The SMILES string of the molecule is Cc1cc(CC(=O)N2CCCC3(CC2)CC(=O)c2ccccc2O3)on1. The van der Waals surface area contributed by atoms with Gasteiger partial charge < -0.3 is 14.2 Å². The number of hydrogen-bond acceptors (Lipinski definition) is 5. The average Bonchev–Trinajstić information content (AvgIpc) is 2.91. The molecule has 4 rings (SSSR count). The second kappa shape index (κ2) is 6.59. The van der Waals surface area contributed by atoms with Crippen LogP contribution < -0.4 is 4.74 Å². The van der Waals surface area contributed by atoms with Crippen LogP contribution in [-0.2, 0) is 11.2 Å². The average molecular weight is 354 g/mol. The Morgan fingerprint density at radius 1 is 1.27 bits per heavy atom. The van der Waals surface area contributed by atoms with Crippen molar-refractivity contribution >= 4 is 11.7 Å². The van der Waals surface area contributed by atoms with E-state index < -0.39 is 5.60 Å². The number of amides is 1. The van der Waals surface area contributed by atoms with Crippen LogP contribution in [0.25, 0.3) is 0 Å². The molecule has 0 radical (unpaired) electrons. The van der Waals surface area contributed by atoms with Crippen LogP contribution in [0.5, 0.6) is 5.75 Å². The molecule has 0 saturated carbocycles. The number of aromatic nitrogens is 1. The van der Waals surface area contributed by atoms with Crippen molar-refractivity contribution in [3.8, 4) is 5.75 Å². The maximum absolute atomic E-state index is 12.6. The first kappa shape index (κ1) is 16.8. The van der Waals surface area contributed by atoms with Gasteiger partial charge in [0.15, 0.2) is 5.78 Å². The molecule has 6 nitrogen and oxygen atoms in total. The highest BCUT2D eigenvalue weighted by molar-refractivity contribution is 6.00. The number of carbonyl (C=O) groups is 2. The molecule has 2 aliphatic rings. The molecule has 1 spiro atoms. The van der Waals surface area contributed by atoms with E-state index in [1.807, 2.05) is 36.1 Å². The third-order valence-corrected chi connectivity index (χ3v) is 5.25. The first-order chi connectivity index (χ1) is 12.5. The largest absolute Gasteiger partial charge is 0.486 e. The van der Waals surface area contributed by atoms with Gasteiger partial charge in [-0.1, -0.05) is 17.3 Å². The summed E-state index contributed by atoms with van der Waals surface area (Å²) < 4.78 is 11.4. The number of rotatable bonds is 2. The number of fused-ring (bicyclic) bond motifs is 1. The Morgan fingerprint density at radius 2 is 2.12 bits per heavy atom. The lowest BCUT2D eigenvalue weighted by atomic mass is 9.84. The zero-order valence-electron chi connectivity index (χ0n) is 14.9. The number of benzene rings is 1. The fraction of sp³-hybridized carbons (Fsp3) is 0.450. The second-order valence-electron chi connectivity index (χ2n) is 7.23. The highest BCUT2D eigenvalue weighted by Crippen LogP contribution is 2.39. The maximum atomic E-state index is 12.6. The van der Waals surface area contributed by atoms with E-state index >= 15 is 0 Å². The summed E-state index contributed by atoms with van der Waals surface area (Å²) in [4.78, 5) is 27.0. The molecule has 3 heterocycles. The Labute approximate surface area is 152 Å². The number of hydrogen-bond donors (Lipinski definition) is 0. The third-order valence-electron chi connectivity index (χ3n) is 5.25. The fourth-order valence-corrected chi connectivity index (χ4v) is 3.90. The smallest absolute Gasteiger partial charge is 0.230 e. The van der Waals surface area contributed by atoms with Gasteiger partial charge in [0.25, 0.3) is 0 Å². The van der Waals surface area contributed by atoms with E-state index in [-0.39, 0.29) is 18.1 Å². The van der Waals surface area contributed by atoms with Crippen LogP contribution in [0.15, 0.2) is 34.9 Å². The van der Waals surface area contributed by atoms with Crippen LogP contribution in [0.2, 0.25) is 0 Å². The number of Topliss-reactive ketones (excluding diaryl/α,β-unsaturated/α-hetero) is 1. The molecule has 6 heteroatoms. The van der Waals surface area contributed by atoms with Gasteiger partial charge >= 0.3 is 0 Å². The van der Waals surface area contributed by atoms with Crippen molar-refractivity contribution in [1.82, 2.24) is 10.1 Å². The molecule has 136 valence electrons. The summed E-state index contributed by atoms with van der Waals surface area (Å²) in [6.45, 7) is 3.09. The Hall–Kier alpha value is -2.63. The molecule has 1 atom stereocenters. The van der Waals surface area contributed by atoms with Crippen LogP contribution >= 0.6 is 0 Å². The van der Waals surface area contributed by atoms with Crippen molar-refractivity contribution in [2.75, 3.05) is 13.1 Å². The molecular formula is C20H22N2O4. The standard InChI is InChI=1S/C20H22N2O4/c1-14-11-15(26-21-14)12-19(24)22-9-4-7-20(8-10-22)13-17(23)16-5-2-3-6-18(16)25-20/h2-3,5-6,11H,4,7-10,12-13H2,1H3. The molecule has 2 aliphatic heterocycles. The number of likely N-dealkylation sites (tertiary alicyclic amines) is 1. The van der Waals surface area contributed by atoms with E-state index in [0.717, 1.165) is 18.5 Å². The van der Waals surface area contributed by atoms with Gasteiger partial charge in [-0.2, -0.15) is 0 Å². The highest BCUT2D eigenvalue weighted by Gasteiger charge is 2.41. The number of nitrogens with zero attached hydrogens (tertiary/aromatic N) is 2. The minimum atomic E-state index is -0.497. The van der Waals surface area contributed by atoms with E-state index in [1.165, 1.54) is 0 Å². The summed E-state index contributed by atoms with van der Waals surface area (Å²) in [5, 5.41) is 3.83. The van der Waals surface area contributed by atoms with E-state index in [4.69, 9.17) is 9.26 Å². The Bertz CT molecular complexity index is 844. The summed E-state index contributed by atoms with van der Waals surface area (Å²) in [5.74, 6) is 1.41. The molecular weight excluding hydrogens is 332 g/mol. The van der Waals surface area contributed by atoms with Crippen molar-refractivity contribution in [1.29, 1.82) is 0 Å². The van der Waals surface area contributed by atoms with Gasteiger partial charge in [-0.25, -0.2) is 0 Å². The van der Waals surface area contributed by atoms with Crippen molar-refractivity contribution in [2.24, 2.45) is 0 Å². The van der Waals surface area contributed by atoms with E-state index in [0.29, 0.717) is 43.0 Å². The molecule has 1 amide bonds. The molecule has 0 bridgehead atoms. The third kappa shape index (κ3) is 3.23. The van der Waals surface area contributed by atoms with Crippen molar-refractivity contribution < 1.29 is 18.8 Å². The normalized spacial score (nSPS) is 22.7. The number of carbonyl (C=O) groups excluding carboxylic acids is 2. The lowest BCUT2D eigenvalue weighted by Gasteiger charge is -2.37. The summed E-state index contributed by atoms with van der Waals surface area (Å²) in [6.07, 6.45) is 2.85. The van der Waals surface area contributed by atoms with E-state index in [1.54, 1.807) is 6.07 Å². The molecule has 0 N–H and O–H groups in total. The lowest BCUT2D eigenvalue weighted by molar-refractivity contribution is -0.130. The first-order valence-corrected chi connectivity index (χ1v) is 9.06. The minimum Gasteiger partial charge on any atom is -0.486 e. The quantitative estimate of drug-likeness (QED) is 0.829. The summed E-state index contributed by atoms with van der Waals surface area (Å²) in [5.41, 5.74) is 0.940. The topological polar surface area (TPSA) is 72.6 Å². The number of para-hydroxylation sites is 1. The van der Waals surface area contributed by atoms with Gasteiger partial charge in [-0.05, 0) is 31.9 Å². The molecule has 2 aromatic rings.